The Morgan fingerprint density at radius 3 is 2.73 bits per heavy atom. The zero-order valence-electron chi connectivity index (χ0n) is 9.17. The number of hydrogen-bond acceptors (Lipinski definition) is 3. The highest BCUT2D eigenvalue weighted by molar-refractivity contribution is 5.55. The maximum Gasteiger partial charge on any atom is 0.150 e. The number of ether oxygens (including phenoxy) is 1. The van der Waals surface area contributed by atoms with Crippen molar-refractivity contribution >= 4 is 5.69 Å². The fourth-order valence-electron chi connectivity index (χ4n) is 1.45. The zero-order chi connectivity index (χ0) is 11.4. The summed E-state index contributed by atoms with van der Waals surface area (Å²) in [6, 6.07) is 2.63. The number of nitrogens with one attached hydrogen (secondary N) is 1. The molecule has 0 fully saturated rings. The van der Waals surface area contributed by atoms with Gasteiger partial charge in [0.1, 0.15) is 11.6 Å². The van der Waals surface area contributed by atoms with Gasteiger partial charge in [0.05, 0.1) is 12.3 Å². The average Bonchev–Trinajstić information content (AvgIpc) is 2.11. The Morgan fingerprint density at radius 2 is 2.20 bits per heavy atom. The third kappa shape index (κ3) is 3.09. The van der Waals surface area contributed by atoms with E-state index in [2.05, 4.69) is 5.32 Å². The Morgan fingerprint density at radius 1 is 1.53 bits per heavy atom. The Bertz CT molecular complexity index is 318. The Balaban J connectivity index is 2.85. The predicted octanol–water partition coefficient (Wildman–Crippen LogP) is 2.29. The van der Waals surface area contributed by atoms with Crippen molar-refractivity contribution in [3.8, 4) is 5.75 Å². The molecule has 0 heterocycles. The Hall–Kier alpha value is -1.29. The van der Waals surface area contributed by atoms with E-state index < -0.39 is 5.82 Å². The fourth-order valence-corrected chi connectivity index (χ4v) is 1.45. The summed E-state index contributed by atoms with van der Waals surface area (Å²) >= 11 is 0. The third-order valence-electron chi connectivity index (χ3n) is 2.08. The lowest BCUT2D eigenvalue weighted by Gasteiger charge is -2.16. The summed E-state index contributed by atoms with van der Waals surface area (Å²) in [6.45, 7) is 4.14. The van der Waals surface area contributed by atoms with Gasteiger partial charge < -0.3 is 15.2 Å². The van der Waals surface area contributed by atoms with Crippen molar-refractivity contribution < 1.29 is 14.2 Å². The van der Waals surface area contributed by atoms with Gasteiger partial charge in [-0.3, -0.25) is 0 Å². The Labute approximate surface area is 88.9 Å². The first kappa shape index (κ1) is 11.8. The van der Waals surface area contributed by atoms with Gasteiger partial charge in [-0.25, -0.2) is 4.39 Å². The van der Waals surface area contributed by atoms with Crippen molar-refractivity contribution in [2.45, 2.75) is 19.9 Å². The van der Waals surface area contributed by atoms with Crippen LogP contribution in [0.3, 0.4) is 0 Å². The van der Waals surface area contributed by atoms with E-state index in [0.717, 1.165) is 6.07 Å². The maximum absolute atomic E-state index is 13.4. The van der Waals surface area contributed by atoms with Crippen molar-refractivity contribution in [2.24, 2.45) is 0 Å². The second-order valence-corrected chi connectivity index (χ2v) is 3.62. The molecular formula is C11H16FNO2. The van der Waals surface area contributed by atoms with Crippen LogP contribution in [0.25, 0.3) is 0 Å². The van der Waals surface area contributed by atoms with Crippen molar-refractivity contribution in [1.82, 2.24) is 0 Å². The number of aryl methyl sites for hydroxylation is 1. The molecule has 0 aliphatic rings. The average molecular weight is 213 g/mol. The van der Waals surface area contributed by atoms with Crippen LogP contribution in [0.2, 0.25) is 0 Å². The van der Waals surface area contributed by atoms with Crippen LogP contribution >= 0.6 is 0 Å². The Kier molecular flexibility index (Phi) is 3.91. The molecule has 0 aromatic heterocycles. The summed E-state index contributed by atoms with van der Waals surface area (Å²) in [6.07, 6.45) is 0. The first-order chi connectivity index (χ1) is 7.04. The van der Waals surface area contributed by atoms with Crippen molar-refractivity contribution in [3.63, 3.8) is 0 Å². The lowest BCUT2D eigenvalue weighted by atomic mass is 10.1. The summed E-state index contributed by atoms with van der Waals surface area (Å²) in [5.74, 6) is -0.509. The molecule has 1 aromatic carbocycles. The number of methoxy groups -OCH3 is 1. The number of aromatic hydroxyl groups is 1. The molecule has 0 amide bonds. The molecule has 0 saturated heterocycles. The molecular weight excluding hydrogens is 197 g/mol. The van der Waals surface area contributed by atoms with E-state index in [1.807, 2.05) is 6.92 Å². The van der Waals surface area contributed by atoms with Crippen molar-refractivity contribution in [3.05, 3.63) is 23.5 Å². The van der Waals surface area contributed by atoms with Gasteiger partial charge in [-0.2, -0.15) is 0 Å². The van der Waals surface area contributed by atoms with Crippen molar-refractivity contribution in [2.75, 3.05) is 19.0 Å². The molecule has 4 heteroatoms. The lowest BCUT2D eigenvalue weighted by molar-refractivity contribution is 0.190. The van der Waals surface area contributed by atoms with E-state index in [4.69, 9.17) is 9.84 Å². The van der Waals surface area contributed by atoms with E-state index in [1.165, 1.54) is 6.07 Å². The second kappa shape index (κ2) is 4.98. The minimum Gasteiger partial charge on any atom is -0.508 e. The monoisotopic (exact) mass is 213 g/mol. The van der Waals surface area contributed by atoms with Gasteiger partial charge >= 0.3 is 0 Å². The van der Waals surface area contributed by atoms with Crippen LogP contribution in [0.4, 0.5) is 10.1 Å². The van der Waals surface area contributed by atoms with E-state index >= 15 is 0 Å². The van der Waals surface area contributed by atoms with Gasteiger partial charge in [-0.05, 0) is 25.5 Å². The highest BCUT2D eigenvalue weighted by Crippen LogP contribution is 2.25. The lowest BCUT2D eigenvalue weighted by Crippen LogP contribution is -2.22. The summed E-state index contributed by atoms with van der Waals surface area (Å²) in [4.78, 5) is 0. The molecule has 0 aliphatic heterocycles. The van der Waals surface area contributed by atoms with E-state index in [0.29, 0.717) is 17.9 Å². The molecule has 84 valence electrons. The van der Waals surface area contributed by atoms with Crippen LogP contribution in [0.5, 0.6) is 5.75 Å². The van der Waals surface area contributed by atoms with E-state index in [1.54, 1.807) is 14.0 Å². The molecule has 3 nitrogen and oxygen atoms in total. The SMILES string of the molecule is COC[C@H](C)Nc1c(C)cc(O)cc1F. The van der Waals surface area contributed by atoms with Gasteiger partial charge in [-0.15, -0.1) is 0 Å². The molecule has 0 bridgehead atoms. The number of anilines is 1. The van der Waals surface area contributed by atoms with Gasteiger partial charge in [0.15, 0.2) is 0 Å². The van der Waals surface area contributed by atoms with E-state index in [-0.39, 0.29) is 11.8 Å². The van der Waals surface area contributed by atoms with Crippen LogP contribution in [-0.4, -0.2) is 24.9 Å². The summed E-state index contributed by atoms with van der Waals surface area (Å²) in [5, 5.41) is 12.2. The highest BCUT2D eigenvalue weighted by Gasteiger charge is 2.10. The minimum absolute atomic E-state index is 0.0211. The third-order valence-corrected chi connectivity index (χ3v) is 2.08. The number of phenols is 1. The highest BCUT2D eigenvalue weighted by atomic mass is 19.1. The molecule has 15 heavy (non-hydrogen) atoms. The number of rotatable bonds is 4. The maximum atomic E-state index is 13.4. The van der Waals surface area contributed by atoms with Crippen LogP contribution in [0.1, 0.15) is 12.5 Å². The van der Waals surface area contributed by atoms with Gasteiger partial charge in [0, 0.05) is 19.2 Å². The zero-order valence-corrected chi connectivity index (χ0v) is 9.17. The van der Waals surface area contributed by atoms with Crippen molar-refractivity contribution in [1.29, 1.82) is 0 Å². The van der Waals surface area contributed by atoms with Gasteiger partial charge in [0.25, 0.3) is 0 Å². The molecule has 0 saturated carbocycles. The smallest absolute Gasteiger partial charge is 0.150 e. The van der Waals surface area contributed by atoms with Gasteiger partial charge in [-0.1, -0.05) is 0 Å². The molecule has 1 rings (SSSR count). The van der Waals surface area contributed by atoms with Crippen LogP contribution in [0.15, 0.2) is 12.1 Å². The first-order valence-electron chi connectivity index (χ1n) is 4.79. The molecule has 0 aliphatic carbocycles. The number of benzene rings is 1. The normalized spacial score (nSPS) is 12.5. The first-order valence-corrected chi connectivity index (χ1v) is 4.79. The molecule has 0 unspecified atom stereocenters. The number of halogens is 1. The molecule has 0 spiro atoms. The van der Waals surface area contributed by atoms with Crippen LogP contribution < -0.4 is 5.32 Å². The second-order valence-electron chi connectivity index (χ2n) is 3.62. The van der Waals surface area contributed by atoms with Gasteiger partial charge in [0.2, 0.25) is 0 Å². The van der Waals surface area contributed by atoms with E-state index in [9.17, 15) is 4.39 Å². The van der Waals surface area contributed by atoms with Crippen LogP contribution in [-0.2, 0) is 4.74 Å². The fraction of sp³-hybridized carbons (Fsp3) is 0.455. The number of hydrogen-bond donors (Lipinski definition) is 2. The van der Waals surface area contributed by atoms with Crippen LogP contribution in [0, 0.1) is 12.7 Å². The molecule has 2 N–H and O–H groups in total. The largest absolute Gasteiger partial charge is 0.508 e. The summed E-state index contributed by atoms with van der Waals surface area (Å²) in [5.41, 5.74) is 1.09. The molecule has 0 radical (unpaired) electrons. The minimum atomic E-state index is -0.449. The molecule has 1 atom stereocenters. The number of phenolic OH excluding ortho intramolecular Hbond substituents is 1. The predicted molar refractivity (Wildman–Crippen MR) is 57.8 cm³/mol. The topological polar surface area (TPSA) is 41.5 Å². The molecule has 1 aromatic rings. The summed E-state index contributed by atoms with van der Waals surface area (Å²) < 4.78 is 18.4. The standard InChI is InChI=1S/C11H16FNO2/c1-7-4-9(14)5-10(12)11(7)13-8(2)6-15-3/h4-5,8,13-14H,6H2,1-3H3/t8-/m0/s1. The quantitative estimate of drug-likeness (QED) is 0.754. The summed E-state index contributed by atoms with van der Waals surface area (Å²) in [7, 11) is 1.60.